The van der Waals surface area contributed by atoms with E-state index in [1.54, 1.807) is 0 Å². The fourth-order valence-electron chi connectivity index (χ4n) is 1.58. The normalized spacial score (nSPS) is 10.4. The zero-order valence-corrected chi connectivity index (χ0v) is 12.3. The predicted molar refractivity (Wildman–Crippen MR) is 75.9 cm³/mol. The zero-order chi connectivity index (χ0) is 14.3. The van der Waals surface area contributed by atoms with Gasteiger partial charge in [0.1, 0.15) is 0 Å². The number of unbranched alkanes of at least 4 members (excludes halogenated alkanes) is 4. The van der Waals surface area contributed by atoms with E-state index in [-0.39, 0.29) is 13.1 Å². The van der Waals surface area contributed by atoms with Gasteiger partial charge in [0, 0.05) is 0 Å². The second-order valence-electron chi connectivity index (χ2n) is 4.61. The van der Waals surface area contributed by atoms with Crippen molar-refractivity contribution < 1.29 is 14.3 Å². The molecule has 5 heteroatoms. The minimum absolute atomic E-state index is 0.102. The number of hydrogen-bond donors (Lipinski definition) is 2. The number of carbonyl (C=O) groups is 2. The van der Waals surface area contributed by atoms with E-state index in [1.807, 2.05) is 0 Å². The van der Waals surface area contributed by atoms with E-state index >= 15 is 0 Å². The van der Waals surface area contributed by atoms with Gasteiger partial charge in [-0.1, -0.05) is 39.5 Å². The summed E-state index contributed by atoms with van der Waals surface area (Å²) in [5.74, 6) is -1.01. The van der Waals surface area contributed by atoms with Crippen LogP contribution in [0.5, 0.6) is 0 Å². The highest BCUT2D eigenvalue weighted by atomic mass is 16.6. The van der Waals surface area contributed by atoms with Crippen LogP contribution in [-0.4, -0.2) is 38.1 Å². The third-order valence-corrected chi connectivity index (χ3v) is 2.68. The van der Waals surface area contributed by atoms with Gasteiger partial charge in [0.25, 0.3) is 0 Å². The molecule has 0 aliphatic carbocycles. The summed E-state index contributed by atoms with van der Waals surface area (Å²) in [4.78, 5) is 22.6. The first kappa shape index (κ1) is 18.1. The Hall–Kier alpha value is -0.940. The van der Waals surface area contributed by atoms with E-state index in [1.165, 1.54) is 0 Å². The summed E-state index contributed by atoms with van der Waals surface area (Å²) in [7, 11) is 0. The topological polar surface area (TPSA) is 67.4 Å². The van der Waals surface area contributed by atoms with Gasteiger partial charge in [-0.15, -0.1) is 0 Å². The van der Waals surface area contributed by atoms with Crippen molar-refractivity contribution in [3.63, 3.8) is 0 Å². The van der Waals surface area contributed by atoms with Gasteiger partial charge in [-0.3, -0.25) is 9.59 Å². The third kappa shape index (κ3) is 13.3. The number of ether oxygens (including phenoxy) is 1. The smallest absolute Gasteiger partial charge is 0.327 e. The molecule has 0 aliphatic heterocycles. The Balaban J connectivity index is 3.40. The molecule has 0 aromatic carbocycles. The van der Waals surface area contributed by atoms with Crippen LogP contribution in [0.2, 0.25) is 0 Å². The second kappa shape index (κ2) is 13.5. The van der Waals surface area contributed by atoms with Crippen molar-refractivity contribution >= 4 is 11.9 Å². The van der Waals surface area contributed by atoms with E-state index < -0.39 is 11.9 Å². The molecule has 0 radical (unpaired) electrons. The number of nitrogens with one attached hydrogen (secondary N) is 2. The molecule has 2 N–H and O–H groups in total. The zero-order valence-electron chi connectivity index (χ0n) is 12.3. The molecule has 0 atom stereocenters. The lowest BCUT2D eigenvalue weighted by Gasteiger charge is -2.05. The molecule has 0 amide bonds. The van der Waals surface area contributed by atoms with Crippen LogP contribution < -0.4 is 10.6 Å². The van der Waals surface area contributed by atoms with Crippen LogP contribution in [0.4, 0.5) is 0 Å². The first-order valence-corrected chi connectivity index (χ1v) is 7.35. The first-order valence-electron chi connectivity index (χ1n) is 7.35. The molecule has 5 nitrogen and oxygen atoms in total. The van der Waals surface area contributed by atoms with E-state index in [4.69, 9.17) is 0 Å². The van der Waals surface area contributed by atoms with Crippen molar-refractivity contribution in [1.29, 1.82) is 0 Å². The minimum Gasteiger partial charge on any atom is -0.391 e. The average molecular weight is 272 g/mol. The van der Waals surface area contributed by atoms with Crippen molar-refractivity contribution in [2.75, 3.05) is 26.2 Å². The maximum atomic E-state index is 11.3. The maximum absolute atomic E-state index is 11.3. The summed E-state index contributed by atoms with van der Waals surface area (Å²) in [6.07, 6.45) is 6.65. The van der Waals surface area contributed by atoms with Gasteiger partial charge in [-0.2, -0.15) is 0 Å². The lowest BCUT2D eigenvalue weighted by Crippen LogP contribution is -2.31. The van der Waals surface area contributed by atoms with Crippen LogP contribution in [0.15, 0.2) is 0 Å². The van der Waals surface area contributed by atoms with Crippen LogP contribution in [0.25, 0.3) is 0 Å². The summed E-state index contributed by atoms with van der Waals surface area (Å²) in [6.45, 7) is 6.02. The molecule has 0 saturated heterocycles. The molecule has 0 saturated carbocycles. The number of carbonyl (C=O) groups excluding carboxylic acids is 2. The van der Waals surface area contributed by atoms with Crippen molar-refractivity contribution in [1.82, 2.24) is 10.6 Å². The highest BCUT2D eigenvalue weighted by Gasteiger charge is 2.09. The number of rotatable bonds is 12. The van der Waals surface area contributed by atoms with Crippen LogP contribution in [0, 0.1) is 0 Å². The molecule has 19 heavy (non-hydrogen) atoms. The van der Waals surface area contributed by atoms with Crippen molar-refractivity contribution in [2.24, 2.45) is 0 Å². The average Bonchev–Trinajstić information content (AvgIpc) is 2.38. The molecule has 0 spiro atoms. The molecule has 0 bridgehead atoms. The van der Waals surface area contributed by atoms with Crippen molar-refractivity contribution in [3.8, 4) is 0 Å². The van der Waals surface area contributed by atoms with Gasteiger partial charge in [0.05, 0.1) is 13.1 Å². The predicted octanol–water partition coefficient (Wildman–Crippen LogP) is 1.62. The van der Waals surface area contributed by atoms with E-state index in [2.05, 4.69) is 29.2 Å². The first-order chi connectivity index (χ1) is 9.20. The Morgan fingerprint density at radius 3 is 1.58 bits per heavy atom. The Bertz CT molecular complexity index is 221. The van der Waals surface area contributed by atoms with E-state index in [0.29, 0.717) is 0 Å². The van der Waals surface area contributed by atoms with Crippen LogP contribution in [0.1, 0.15) is 52.4 Å². The molecular weight excluding hydrogens is 244 g/mol. The Kier molecular flexibility index (Phi) is 12.8. The summed E-state index contributed by atoms with van der Waals surface area (Å²) < 4.78 is 4.66. The molecule has 0 aromatic rings. The molecular formula is C14H28N2O3. The SMILES string of the molecule is CCCCCNCC(=O)OC(=O)CNCCCCC. The van der Waals surface area contributed by atoms with Crippen molar-refractivity contribution in [2.45, 2.75) is 52.4 Å². The fraction of sp³-hybridized carbons (Fsp3) is 0.857. The third-order valence-electron chi connectivity index (χ3n) is 2.68. The quantitative estimate of drug-likeness (QED) is 0.321. The highest BCUT2D eigenvalue weighted by Crippen LogP contribution is 1.92. The lowest BCUT2D eigenvalue weighted by molar-refractivity contribution is -0.158. The monoisotopic (exact) mass is 272 g/mol. The van der Waals surface area contributed by atoms with Crippen LogP contribution in [-0.2, 0) is 14.3 Å². The van der Waals surface area contributed by atoms with Gasteiger partial charge in [-0.25, -0.2) is 0 Å². The van der Waals surface area contributed by atoms with Gasteiger partial charge in [0.2, 0.25) is 0 Å². The largest absolute Gasteiger partial charge is 0.391 e. The lowest BCUT2D eigenvalue weighted by atomic mass is 10.2. The molecule has 0 fully saturated rings. The standard InChI is InChI=1S/C14H28N2O3/c1-3-5-7-9-15-11-13(17)19-14(18)12-16-10-8-6-4-2/h15-16H,3-12H2,1-2H3. The molecule has 0 aliphatic rings. The molecule has 112 valence electrons. The van der Waals surface area contributed by atoms with E-state index in [0.717, 1.165) is 51.6 Å². The Morgan fingerprint density at radius 2 is 1.21 bits per heavy atom. The second-order valence-corrected chi connectivity index (χ2v) is 4.61. The summed E-state index contributed by atoms with van der Waals surface area (Å²) in [5.41, 5.74) is 0. The summed E-state index contributed by atoms with van der Waals surface area (Å²) in [5, 5.41) is 5.92. The van der Waals surface area contributed by atoms with Crippen molar-refractivity contribution in [3.05, 3.63) is 0 Å². The van der Waals surface area contributed by atoms with Gasteiger partial charge in [-0.05, 0) is 25.9 Å². The number of esters is 2. The van der Waals surface area contributed by atoms with Gasteiger partial charge >= 0.3 is 11.9 Å². The van der Waals surface area contributed by atoms with Gasteiger partial charge < -0.3 is 15.4 Å². The Morgan fingerprint density at radius 1 is 0.789 bits per heavy atom. The molecule has 0 rings (SSSR count). The van der Waals surface area contributed by atoms with E-state index in [9.17, 15) is 9.59 Å². The minimum atomic E-state index is -0.503. The summed E-state index contributed by atoms with van der Waals surface area (Å²) in [6, 6.07) is 0. The maximum Gasteiger partial charge on any atom is 0.327 e. The summed E-state index contributed by atoms with van der Waals surface area (Å²) >= 11 is 0. The highest BCUT2D eigenvalue weighted by molar-refractivity contribution is 5.87. The fourth-order valence-corrected chi connectivity index (χ4v) is 1.58. The van der Waals surface area contributed by atoms with Crippen LogP contribution >= 0.6 is 0 Å². The number of hydrogen-bond acceptors (Lipinski definition) is 5. The van der Waals surface area contributed by atoms with Gasteiger partial charge in [0.15, 0.2) is 0 Å². The van der Waals surface area contributed by atoms with Crippen LogP contribution in [0.3, 0.4) is 0 Å². The molecule has 0 aromatic heterocycles. The Labute approximate surface area is 116 Å². The molecule has 0 unspecified atom stereocenters. The molecule has 0 heterocycles.